The topological polar surface area (TPSA) is 69.7 Å². The van der Waals surface area contributed by atoms with Gasteiger partial charge in [-0.15, -0.1) is 0 Å². The molecular weight excluding hydrogens is 303 g/mol. The highest BCUT2D eigenvalue weighted by molar-refractivity contribution is 6.01. The van der Waals surface area contributed by atoms with Crippen molar-refractivity contribution >= 4 is 17.7 Å². The predicted molar refractivity (Wildman–Crippen MR) is 79.1 cm³/mol. The van der Waals surface area contributed by atoms with Crippen LogP contribution in [0.25, 0.3) is 0 Å². The number of esters is 2. The summed E-state index contributed by atoms with van der Waals surface area (Å²) >= 11 is 0. The zero-order valence-corrected chi connectivity index (χ0v) is 13.5. The average molecular weight is 322 g/mol. The molecule has 5 nitrogen and oxygen atoms in total. The summed E-state index contributed by atoms with van der Waals surface area (Å²) in [5.41, 5.74) is -0.664. The Hall–Kier alpha value is -2.24. The summed E-state index contributed by atoms with van der Waals surface area (Å²) in [4.78, 5) is 36.6. The number of carbonyl (C=O) groups excluding carboxylic acids is 3. The van der Waals surface area contributed by atoms with Gasteiger partial charge in [-0.3, -0.25) is 14.4 Å². The van der Waals surface area contributed by atoms with Gasteiger partial charge in [0, 0.05) is 17.4 Å². The van der Waals surface area contributed by atoms with Gasteiger partial charge >= 0.3 is 11.9 Å². The van der Waals surface area contributed by atoms with E-state index in [0.717, 1.165) is 0 Å². The molecular formula is C17H19FO5. The molecule has 1 saturated heterocycles. The molecule has 0 N–H and O–H groups in total. The first-order chi connectivity index (χ1) is 10.7. The molecule has 1 aromatic carbocycles. The maximum Gasteiger partial charge on any atom is 0.321 e. The SMILES string of the molecule is COC(=O)[C@@H]1C(=O)OC(C)(C)[C@@H]1[C@@H](C)C(=O)c1ccc(F)cc1. The number of hydrogen-bond acceptors (Lipinski definition) is 5. The molecule has 0 bridgehead atoms. The summed E-state index contributed by atoms with van der Waals surface area (Å²) in [6.45, 7) is 4.95. The highest BCUT2D eigenvalue weighted by atomic mass is 19.1. The van der Waals surface area contributed by atoms with Gasteiger partial charge < -0.3 is 9.47 Å². The maximum atomic E-state index is 13.0. The van der Waals surface area contributed by atoms with Gasteiger partial charge in [0.05, 0.1) is 7.11 Å². The first-order valence-corrected chi connectivity index (χ1v) is 7.29. The van der Waals surface area contributed by atoms with Gasteiger partial charge in [-0.1, -0.05) is 6.92 Å². The monoisotopic (exact) mass is 322 g/mol. The molecule has 1 aliphatic rings. The smallest absolute Gasteiger partial charge is 0.321 e. The first kappa shape index (κ1) is 17.1. The van der Waals surface area contributed by atoms with E-state index in [0.29, 0.717) is 5.56 Å². The summed E-state index contributed by atoms with van der Waals surface area (Å²) in [6.07, 6.45) is 0. The highest BCUT2D eigenvalue weighted by Crippen LogP contribution is 2.43. The van der Waals surface area contributed by atoms with Crippen molar-refractivity contribution in [1.82, 2.24) is 0 Å². The number of halogens is 1. The van der Waals surface area contributed by atoms with Gasteiger partial charge in [-0.25, -0.2) is 4.39 Å². The molecule has 1 fully saturated rings. The lowest BCUT2D eigenvalue weighted by molar-refractivity contribution is -0.156. The second kappa shape index (κ2) is 6.10. The lowest BCUT2D eigenvalue weighted by Crippen LogP contribution is -2.41. The lowest BCUT2D eigenvalue weighted by Gasteiger charge is -2.30. The highest BCUT2D eigenvalue weighted by Gasteiger charge is 2.57. The number of cyclic esters (lactones) is 1. The second-order valence-electron chi connectivity index (χ2n) is 6.21. The molecule has 3 atom stereocenters. The fourth-order valence-corrected chi connectivity index (χ4v) is 3.24. The molecule has 0 radical (unpaired) electrons. The first-order valence-electron chi connectivity index (χ1n) is 7.29. The largest absolute Gasteiger partial charge is 0.468 e. The van der Waals surface area contributed by atoms with E-state index < -0.39 is 41.1 Å². The number of carbonyl (C=O) groups is 3. The van der Waals surface area contributed by atoms with Gasteiger partial charge in [-0.2, -0.15) is 0 Å². The summed E-state index contributed by atoms with van der Waals surface area (Å²) in [6, 6.07) is 5.15. The molecule has 23 heavy (non-hydrogen) atoms. The van der Waals surface area contributed by atoms with E-state index in [9.17, 15) is 18.8 Å². The van der Waals surface area contributed by atoms with E-state index in [2.05, 4.69) is 4.74 Å². The molecule has 0 spiro atoms. The Morgan fingerprint density at radius 1 is 1.26 bits per heavy atom. The van der Waals surface area contributed by atoms with Crippen LogP contribution in [0, 0.1) is 23.6 Å². The van der Waals surface area contributed by atoms with Crippen LogP contribution in [-0.4, -0.2) is 30.4 Å². The Balaban J connectivity index is 2.35. The summed E-state index contributed by atoms with van der Waals surface area (Å²) < 4.78 is 23.0. The van der Waals surface area contributed by atoms with E-state index in [1.54, 1.807) is 20.8 Å². The number of rotatable bonds is 4. The average Bonchev–Trinajstić information content (AvgIpc) is 2.74. The zero-order valence-electron chi connectivity index (χ0n) is 13.5. The number of ketones is 1. The molecule has 124 valence electrons. The fraction of sp³-hybridized carbons (Fsp3) is 0.471. The van der Waals surface area contributed by atoms with Crippen LogP contribution in [0.4, 0.5) is 4.39 Å². The molecule has 0 aliphatic carbocycles. The third kappa shape index (κ3) is 3.11. The third-order valence-electron chi connectivity index (χ3n) is 4.32. The van der Waals surface area contributed by atoms with Crippen molar-refractivity contribution in [3.05, 3.63) is 35.6 Å². The molecule has 1 aromatic rings. The van der Waals surface area contributed by atoms with Crippen molar-refractivity contribution in [2.24, 2.45) is 17.8 Å². The molecule has 2 rings (SSSR count). The lowest BCUT2D eigenvalue weighted by atomic mass is 9.72. The van der Waals surface area contributed by atoms with Crippen LogP contribution in [0.3, 0.4) is 0 Å². The molecule has 0 unspecified atom stereocenters. The van der Waals surface area contributed by atoms with Gasteiger partial charge in [0.2, 0.25) is 0 Å². The van der Waals surface area contributed by atoms with Crippen LogP contribution < -0.4 is 0 Å². The molecule has 0 aromatic heterocycles. The van der Waals surface area contributed by atoms with Crippen molar-refractivity contribution in [1.29, 1.82) is 0 Å². The van der Waals surface area contributed by atoms with Gasteiger partial charge in [0.15, 0.2) is 11.7 Å². The van der Waals surface area contributed by atoms with Gasteiger partial charge in [-0.05, 0) is 38.1 Å². The third-order valence-corrected chi connectivity index (χ3v) is 4.32. The van der Waals surface area contributed by atoms with Gasteiger partial charge in [0.1, 0.15) is 11.4 Å². The quantitative estimate of drug-likeness (QED) is 0.483. The minimum atomic E-state index is -1.14. The van der Waals surface area contributed by atoms with Crippen LogP contribution >= 0.6 is 0 Å². The Labute approximate surface area is 133 Å². The summed E-state index contributed by atoms with van der Waals surface area (Å²) in [7, 11) is 1.18. The molecule has 6 heteroatoms. The van der Waals surface area contributed by atoms with Crippen LogP contribution in [0.5, 0.6) is 0 Å². The van der Waals surface area contributed by atoms with E-state index >= 15 is 0 Å². The number of benzene rings is 1. The van der Waals surface area contributed by atoms with Gasteiger partial charge in [0.25, 0.3) is 0 Å². The predicted octanol–water partition coefficient (Wildman–Crippen LogP) is 2.39. The van der Waals surface area contributed by atoms with E-state index in [1.807, 2.05) is 0 Å². The summed E-state index contributed by atoms with van der Waals surface area (Å²) in [5, 5.41) is 0. The van der Waals surface area contributed by atoms with Crippen LogP contribution in [-0.2, 0) is 19.1 Å². The van der Waals surface area contributed by atoms with Crippen LogP contribution in [0.1, 0.15) is 31.1 Å². The zero-order chi connectivity index (χ0) is 17.4. The number of hydrogen-bond donors (Lipinski definition) is 0. The van der Waals surface area contributed by atoms with Crippen molar-refractivity contribution in [3.63, 3.8) is 0 Å². The number of Topliss-reactive ketones (excluding diaryl/α,β-unsaturated/α-hetero) is 1. The number of ether oxygens (including phenoxy) is 2. The Morgan fingerprint density at radius 3 is 2.35 bits per heavy atom. The minimum Gasteiger partial charge on any atom is -0.468 e. The number of methoxy groups -OCH3 is 1. The Kier molecular flexibility index (Phi) is 4.54. The van der Waals surface area contributed by atoms with Crippen molar-refractivity contribution < 1.29 is 28.2 Å². The summed E-state index contributed by atoms with van der Waals surface area (Å²) in [5.74, 6) is -4.62. The van der Waals surface area contributed by atoms with Crippen LogP contribution in [0.2, 0.25) is 0 Å². The van der Waals surface area contributed by atoms with Crippen LogP contribution in [0.15, 0.2) is 24.3 Å². The molecule has 0 amide bonds. The molecule has 1 aliphatic heterocycles. The molecule has 1 heterocycles. The minimum absolute atomic E-state index is 0.282. The standard InChI is InChI=1S/C17H19FO5/c1-9(14(19)10-5-7-11(18)8-6-10)13-12(15(20)22-4)16(21)23-17(13,2)3/h5-9,12-13H,1-4H3/t9-,12-,13-/m1/s1. The molecule has 0 saturated carbocycles. The van der Waals surface area contributed by atoms with E-state index in [1.165, 1.54) is 31.4 Å². The fourth-order valence-electron chi connectivity index (χ4n) is 3.24. The van der Waals surface area contributed by atoms with Crippen molar-refractivity contribution in [2.75, 3.05) is 7.11 Å². The Bertz CT molecular complexity index is 635. The van der Waals surface area contributed by atoms with Crippen molar-refractivity contribution in [3.8, 4) is 0 Å². The van der Waals surface area contributed by atoms with E-state index in [4.69, 9.17) is 4.74 Å². The van der Waals surface area contributed by atoms with E-state index in [-0.39, 0.29) is 5.78 Å². The normalized spacial score (nSPS) is 24.0. The maximum absolute atomic E-state index is 13.0. The second-order valence-corrected chi connectivity index (χ2v) is 6.21. The Morgan fingerprint density at radius 2 is 1.83 bits per heavy atom. The van der Waals surface area contributed by atoms with Crippen molar-refractivity contribution in [2.45, 2.75) is 26.4 Å².